The standard InChI is InChI=1S/C11H7F3N2O3/c1-16-7(3-6(15-16)11(18)19)4-2-5(12)8(13)9(14)10(4)17/h2-3,17H,1H3,(H,18,19). The first-order valence-electron chi connectivity index (χ1n) is 4.97. The molecule has 0 aliphatic rings. The van der Waals surface area contributed by atoms with E-state index in [0.29, 0.717) is 6.07 Å². The minimum Gasteiger partial charge on any atom is -0.504 e. The highest BCUT2D eigenvalue weighted by Crippen LogP contribution is 2.34. The summed E-state index contributed by atoms with van der Waals surface area (Å²) in [7, 11) is 1.32. The summed E-state index contributed by atoms with van der Waals surface area (Å²) in [4.78, 5) is 10.7. The van der Waals surface area contributed by atoms with Crippen molar-refractivity contribution < 1.29 is 28.2 Å². The molecule has 5 nitrogen and oxygen atoms in total. The second-order valence-electron chi connectivity index (χ2n) is 3.73. The molecule has 0 radical (unpaired) electrons. The first kappa shape index (κ1) is 12.9. The molecule has 1 heterocycles. The summed E-state index contributed by atoms with van der Waals surface area (Å²) in [5, 5.41) is 21.8. The van der Waals surface area contributed by atoms with Gasteiger partial charge < -0.3 is 10.2 Å². The van der Waals surface area contributed by atoms with Crippen molar-refractivity contribution in [1.29, 1.82) is 0 Å². The van der Waals surface area contributed by atoms with Gasteiger partial charge in [-0.2, -0.15) is 9.49 Å². The fourth-order valence-electron chi connectivity index (χ4n) is 1.60. The molecule has 0 saturated heterocycles. The molecule has 19 heavy (non-hydrogen) atoms. The van der Waals surface area contributed by atoms with Crippen LogP contribution in [0.2, 0.25) is 0 Å². The number of carboxylic acids is 1. The molecule has 0 saturated carbocycles. The Labute approximate surface area is 104 Å². The average molecular weight is 272 g/mol. The van der Waals surface area contributed by atoms with Gasteiger partial charge in [-0.15, -0.1) is 0 Å². The molecule has 0 unspecified atom stereocenters. The van der Waals surface area contributed by atoms with Crippen LogP contribution >= 0.6 is 0 Å². The summed E-state index contributed by atoms with van der Waals surface area (Å²) in [6, 6.07) is 1.57. The molecule has 2 aromatic rings. The van der Waals surface area contributed by atoms with E-state index in [0.717, 1.165) is 10.7 Å². The third-order valence-corrected chi connectivity index (χ3v) is 2.51. The molecule has 0 spiro atoms. The highest BCUT2D eigenvalue weighted by molar-refractivity contribution is 5.87. The van der Waals surface area contributed by atoms with Crippen molar-refractivity contribution in [3.05, 3.63) is 35.3 Å². The molecule has 0 aliphatic heterocycles. The Morgan fingerprint density at radius 1 is 1.26 bits per heavy atom. The summed E-state index contributed by atoms with van der Waals surface area (Å²) in [6.07, 6.45) is 0. The Balaban J connectivity index is 2.69. The van der Waals surface area contributed by atoms with Crippen molar-refractivity contribution in [3.8, 4) is 17.0 Å². The summed E-state index contributed by atoms with van der Waals surface area (Å²) < 4.78 is 40.3. The number of carbonyl (C=O) groups is 1. The minimum absolute atomic E-state index is 0.0623. The molecule has 8 heteroatoms. The number of aryl methyl sites for hydroxylation is 1. The summed E-state index contributed by atoms with van der Waals surface area (Å²) in [5.74, 6) is -7.50. The van der Waals surface area contributed by atoms with Gasteiger partial charge in [0.2, 0.25) is 5.82 Å². The van der Waals surface area contributed by atoms with Crippen LogP contribution in [-0.2, 0) is 7.05 Å². The number of halogens is 3. The first-order chi connectivity index (χ1) is 8.82. The van der Waals surface area contributed by atoms with Gasteiger partial charge in [0.1, 0.15) is 0 Å². The molecule has 2 N–H and O–H groups in total. The lowest BCUT2D eigenvalue weighted by atomic mass is 10.1. The maximum Gasteiger partial charge on any atom is 0.356 e. The van der Waals surface area contributed by atoms with Gasteiger partial charge in [-0.3, -0.25) is 4.68 Å². The average Bonchev–Trinajstić information content (AvgIpc) is 2.73. The maximum atomic E-state index is 13.2. The van der Waals surface area contributed by atoms with Crippen LogP contribution in [0.25, 0.3) is 11.3 Å². The normalized spacial score (nSPS) is 10.7. The molecule has 1 aromatic heterocycles. The van der Waals surface area contributed by atoms with Crippen molar-refractivity contribution in [1.82, 2.24) is 9.78 Å². The van der Waals surface area contributed by atoms with Crippen molar-refractivity contribution in [3.63, 3.8) is 0 Å². The number of hydrogen-bond acceptors (Lipinski definition) is 3. The van der Waals surface area contributed by atoms with E-state index in [1.807, 2.05) is 0 Å². The molecule has 0 atom stereocenters. The molecule has 1 aromatic carbocycles. The Kier molecular flexibility index (Phi) is 2.93. The van der Waals surface area contributed by atoms with E-state index >= 15 is 0 Å². The Morgan fingerprint density at radius 2 is 1.89 bits per heavy atom. The molecular weight excluding hydrogens is 265 g/mol. The quantitative estimate of drug-likeness (QED) is 0.819. The van der Waals surface area contributed by atoms with Crippen LogP contribution in [0, 0.1) is 17.5 Å². The van der Waals surface area contributed by atoms with Gasteiger partial charge in [0.15, 0.2) is 23.1 Å². The van der Waals surface area contributed by atoms with E-state index in [2.05, 4.69) is 5.10 Å². The van der Waals surface area contributed by atoms with Crippen LogP contribution < -0.4 is 0 Å². The first-order valence-corrected chi connectivity index (χ1v) is 4.97. The van der Waals surface area contributed by atoms with Crippen LogP contribution in [0.15, 0.2) is 12.1 Å². The summed E-state index contributed by atoms with van der Waals surface area (Å²) >= 11 is 0. The van der Waals surface area contributed by atoms with E-state index < -0.39 is 29.2 Å². The van der Waals surface area contributed by atoms with E-state index in [-0.39, 0.29) is 17.0 Å². The minimum atomic E-state index is -1.80. The summed E-state index contributed by atoms with van der Waals surface area (Å²) in [6.45, 7) is 0. The van der Waals surface area contributed by atoms with Gasteiger partial charge in [-0.05, 0) is 12.1 Å². The van der Waals surface area contributed by atoms with Crippen molar-refractivity contribution in [2.45, 2.75) is 0 Å². The zero-order valence-electron chi connectivity index (χ0n) is 9.49. The van der Waals surface area contributed by atoms with E-state index in [1.54, 1.807) is 0 Å². The maximum absolute atomic E-state index is 13.2. The predicted molar refractivity (Wildman–Crippen MR) is 57.1 cm³/mol. The van der Waals surface area contributed by atoms with E-state index in [1.165, 1.54) is 7.05 Å². The number of benzene rings is 1. The lowest BCUT2D eigenvalue weighted by molar-refractivity contribution is 0.0689. The van der Waals surface area contributed by atoms with E-state index in [4.69, 9.17) is 5.11 Å². The second-order valence-corrected chi connectivity index (χ2v) is 3.73. The van der Waals surface area contributed by atoms with E-state index in [9.17, 15) is 23.1 Å². The zero-order chi connectivity index (χ0) is 14.3. The zero-order valence-corrected chi connectivity index (χ0v) is 9.49. The van der Waals surface area contributed by atoms with Crippen LogP contribution in [-0.4, -0.2) is 26.0 Å². The highest BCUT2D eigenvalue weighted by atomic mass is 19.2. The van der Waals surface area contributed by atoms with Crippen molar-refractivity contribution >= 4 is 5.97 Å². The van der Waals surface area contributed by atoms with Crippen molar-refractivity contribution in [2.24, 2.45) is 7.05 Å². The number of aromatic nitrogens is 2. The number of nitrogens with zero attached hydrogens (tertiary/aromatic N) is 2. The fraction of sp³-hybridized carbons (Fsp3) is 0.0909. The smallest absolute Gasteiger partial charge is 0.356 e. The van der Waals surface area contributed by atoms with Gasteiger partial charge in [-0.25, -0.2) is 13.6 Å². The van der Waals surface area contributed by atoms with Crippen LogP contribution in [0.4, 0.5) is 13.2 Å². The van der Waals surface area contributed by atoms with Crippen LogP contribution in [0.3, 0.4) is 0 Å². The topological polar surface area (TPSA) is 75.4 Å². The number of aromatic carboxylic acids is 1. The van der Waals surface area contributed by atoms with Crippen LogP contribution in [0.1, 0.15) is 10.5 Å². The lowest BCUT2D eigenvalue weighted by Crippen LogP contribution is -2.00. The van der Waals surface area contributed by atoms with Gasteiger partial charge in [0, 0.05) is 12.6 Å². The van der Waals surface area contributed by atoms with Gasteiger partial charge in [0.25, 0.3) is 0 Å². The van der Waals surface area contributed by atoms with Gasteiger partial charge >= 0.3 is 5.97 Å². The molecule has 0 amide bonds. The van der Waals surface area contributed by atoms with Gasteiger partial charge in [0.05, 0.1) is 5.69 Å². The molecule has 100 valence electrons. The molecule has 0 aliphatic carbocycles. The monoisotopic (exact) mass is 272 g/mol. The number of phenolic OH excluding ortho intramolecular Hbond substituents is 1. The second kappa shape index (κ2) is 4.30. The SMILES string of the molecule is Cn1nc(C(=O)O)cc1-c1cc(F)c(F)c(F)c1O. The number of carboxylic acid groups (broad SMARTS) is 1. The highest BCUT2D eigenvalue weighted by Gasteiger charge is 2.22. The largest absolute Gasteiger partial charge is 0.504 e. The Hall–Kier alpha value is -2.51. The number of rotatable bonds is 2. The van der Waals surface area contributed by atoms with Crippen molar-refractivity contribution in [2.75, 3.05) is 0 Å². The molecule has 2 rings (SSSR count). The number of phenols is 1. The Morgan fingerprint density at radius 3 is 2.42 bits per heavy atom. The number of aromatic hydroxyl groups is 1. The third kappa shape index (κ3) is 2.01. The fourth-order valence-corrected chi connectivity index (χ4v) is 1.60. The predicted octanol–water partition coefficient (Wildman–Crippen LogP) is 1.91. The molecule has 0 fully saturated rings. The number of hydrogen-bond donors (Lipinski definition) is 2. The molecular formula is C11H7F3N2O3. The lowest BCUT2D eigenvalue weighted by Gasteiger charge is -2.07. The third-order valence-electron chi connectivity index (χ3n) is 2.51. The Bertz CT molecular complexity index is 682. The summed E-state index contributed by atoms with van der Waals surface area (Å²) in [5.41, 5.74) is -0.825. The molecule has 0 bridgehead atoms. The van der Waals surface area contributed by atoms with Gasteiger partial charge in [-0.1, -0.05) is 0 Å². The van der Waals surface area contributed by atoms with Crippen LogP contribution in [0.5, 0.6) is 5.75 Å².